The van der Waals surface area contributed by atoms with Gasteiger partial charge in [-0.1, -0.05) is 30.3 Å². The predicted octanol–water partition coefficient (Wildman–Crippen LogP) is 3.02. The second-order valence-corrected chi connectivity index (χ2v) is 7.49. The summed E-state index contributed by atoms with van der Waals surface area (Å²) in [6, 6.07) is 17.5. The molecule has 1 saturated carbocycles. The van der Waals surface area contributed by atoms with Crippen molar-refractivity contribution in [3.63, 3.8) is 0 Å². The van der Waals surface area contributed by atoms with Crippen LogP contribution < -0.4 is 11.0 Å². The van der Waals surface area contributed by atoms with Crippen LogP contribution in [0.3, 0.4) is 0 Å². The maximum Gasteiger partial charge on any atom is 0.346 e. The Morgan fingerprint density at radius 1 is 1.07 bits per heavy atom. The van der Waals surface area contributed by atoms with E-state index in [0.717, 1.165) is 29.2 Å². The topological polar surface area (TPSA) is 81.8 Å². The molecule has 0 spiro atoms. The molecule has 1 amide bonds. The molecule has 2 aromatic carbocycles. The van der Waals surface area contributed by atoms with E-state index in [0.29, 0.717) is 24.5 Å². The van der Waals surface area contributed by atoms with Crippen molar-refractivity contribution in [3.8, 4) is 11.4 Å². The summed E-state index contributed by atoms with van der Waals surface area (Å²) in [5, 5.41) is 9.53. The highest BCUT2D eigenvalue weighted by atomic mass is 16.2. The Morgan fingerprint density at radius 2 is 1.90 bits per heavy atom. The first-order chi connectivity index (χ1) is 14.7. The quantitative estimate of drug-likeness (QED) is 0.540. The van der Waals surface area contributed by atoms with Crippen LogP contribution in [0.2, 0.25) is 0 Å². The normalized spacial score (nSPS) is 13.5. The summed E-state index contributed by atoms with van der Waals surface area (Å²) in [7, 11) is 0. The third-order valence-electron chi connectivity index (χ3n) is 5.32. The number of nitrogens with zero attached hydrogens (tertiary/aromatic N) is 4. The second-order valence-electron chi connectivity index (χ2n) is 7.49. The van der Waals surface area contributed by atoms with Crippen molar-refractivity contribution in [2.45, 2.75) is 25.4 Å². The number of amides is 1. The van der Waals surface area contributed by atoms with Crippen molar-refractivity contribution in [2.24, 2.45) is 0 Å². The van der Waals surface area contributed by atoms with Crippen LogP contribution in [0, 0.1) is 0 Å². The summed E-state index contributed by atoms with van der Waals surface area (Å²) in [5.74, 6) is 0.472. The minimum Gasteiger partial charge on any atom is -0.350 e. The maximum absolute atomic E-state index is 12.9. The number of pyridine rings is 1. The SMILES string of the molecule is O=C(NCCn1nc(-c2cccnc2)n(C2CC2)c1=O)c1ccc2ccccc2c1. The second kappa shape index (κ2) is 7.59. The van der Waals surface area contributed by atoms with Gasteiger partial charge in [-0.25, -0.2) is 9.48 Å². The van der Waals surface area contributed by atoms with Crippen LogP contribution in [-0.2, 0) is 6.54 Å². The van der Waals surface area contributed by atoms with E-state index >= 15 is 0 Å². The number of carbonyl (C=O) groups excluding carboxylic acids is 1. The molecule has 150 valence electrons. The van der Waals surface area contributed by atoms with Gasteiger partial charge in [-0.15, -0.1) is 5.10 Å². The van der Waals surface area contributed by atoms with Crippen LogP contribution >= 0.6 is 0 Å². The van der Waals surface area contributed by atoms with Crippen LogP contribution in [0.25, 0.3) is 22.2 Å². The van der Waals surface area contributed by atoms with E-state index in [1.807, 2.05) is 54.6 Å². The van der Waals surface area contributed by atoms with E-state index in [4.69, 9.17) is 0 Å². The molecule has 1 aliphatic rings. The fourth-order valence-electron chi connectivity index (χ4n) is 3.63. The lowest BCUT2D eigenvalue weighted by Gasteiger charge is -2.06. The fraction of sp³-hybridized carbons (Fsp3) is 0.217. The average molecular weight is 399 g/mol. The molecule has 30 heavy (non-hydrogen) atoms. The molecule has 7 heteroatoms. The molecule has 1 N–H and O–H groups in total. The Morgan fingerprint density at radius 3 is 2.67 bits per heavy atom. The molecule has 1 aliphatic carbocycles. The van der Waals surface area contributed by atoms with Crippen LogP contribution in [0.1, 0.15) is 29.2 Å². The Bertz CT molecular complexity index is 1270. The lowest BCUT2D eigenvalue weighted by atomic mass is 10.1. The van der Waals surface area contributed by atoms with E-state index in [1.165, 1.54) is 4.68 Å². The zero-order valence-corrected chi connectivity index (χ0v) is 16.4. The van der Waals surface area contributed by atoms with E-state index in [-0.39, 0.29) is 17.6 Å². The Hall–Kier alpha value is -3.74. The van der Waals surface area contributed by atoms with Gasteiger partial charge in [0.1, 0.15) is 0 Å². The number of carbonyl (C=O) groups is 1. The van der Waals surface area contributed by atoms with Crippen molar-refractivity contribution in [1.82, 2.24) is 24.6 Å². The Kier molecular flexibility index (Phi) is 4.63. The number of hydrogen-bond acceptors (Lipinski definition) is 4. The number of aromatic nitrogens is 4. The number of nitrogens with one attached hydrogen (secondary N) is 1. The summed E-state index contributed by atoms with van der Waals surface area (Å²) in [6.45, 7) is 0.630. The van der Waals surface area contributed by atoms with Gasteiger partial charge in [0, 0.05) is 36.1 Å². The molecule has 1 fully saturated rings. The smallest absolute Gasteiger partial charge is 0.346 e. The van der Waals surface area contributed by atoms with Gasteiger partial charge in [-0.2, -0.15) is 0 Å². The summed E-state index contributed by atoms with van der Waals surface area (Å²) >= 11 is 0. The highest BCUT2D eigenvalue weighted by Gasteiger charge is 2.30. The van der Waals surface area contributed by atoms with Crippen LogP contribution in [0.5, 0.6) is 0 Å². The minimum absolute atomic E-state index is 0.142. The van der Waals surface area contributed by atoms with Gasteiger partial charge in [0.25, 0.3) is 5.91 Å². The molecule has 2 heterocycles. The molecule has 2 aromatic heterocycles. The third kappa shape index (κ3) is 3.50. The lowest BCUT2D eigenvalue weighted by molar-refractivity contribution is 0.0952. The van der Waals surface area contributed by atoms with Gasteiger partial charge in [0.15, 0.2) is 5.82 Å². The first-order valence-electron chi connectivity index (χ1n) is 10.1. The van der Waals surface area contributed by atoms with Crippen molar-refractivity contribution >= 4 is 16.7 Å². The van der Waals surface area contributed by atoms with Gasteiger partial charge >= 0.3 is 5.69 Å². The van der Waals surface area contributed by atoms with E-state index in [9.17, 15) is 9.59 Å². The minimum atomic E-state index is -0.164. The highest BCUT2D eigenvalue weighted by Crippen LogP contribution is 2.36. The molecule has 4 aromatic rings. The molecule has 0 atom stereocenters. The zero-order valence-electron chi connectivity index (χ0n) is 16.4. The van der Waals surface area contributed by atoms with E-state index < -0.39 is 0 Å². The van der Waals surface area contributed by atoms with Crippen molar-refractivity contribution in [2.75, 3.05) is 6.54 Å². The van der Waals surface area contributed by atoms with Gasteiger partial charge in [-0.3, -0.25) is 14.3 Å². The first kappa shape index (κ1) is 18.3. The predicted molar refractivity (Wildman–Crippen MR) is 114 cm³/mol. The summed E-state index contributed by atoms with van der Waals surface area (Å²) in [4.78, 5) is 29.5. The molecule has 0 aliphatic heterocycles. The third-order valence-corrected chi connectivity index (χ3v) is 5.32. The molecule has 0 bridgehead atoms. The number of rotatable bonds is 6. The molecule has 0 radical (unpaired) electrons. The lowest BCUT2D eigenvalue weighted by Crippen LogP contribution is -2.32. The Labute approximate surface area is 173 Å². The van der Waals surface area contributed by atoms with E-state index in [1.54, 1.807) is 17.0 Å². The summed E-state index contributed by atoms with van der Waals surface area (Å²) < 4.78 is 3.18. The summed E-state index contributed by atoms with van der Waals surface area (Å²) in [5.41, 5.74) is 1.28. The Balaban J connectivity index is 1.31. The molecule has 7 nitrogen and oxygen atoms in total. The monoisotopic (exact) mass is 399 g/mol. The van der Waals surface area contributed by atoms with Crippen molar-refractivity contribution in [1.29, 1.82) is 0 Å². The van der Waals surface area contributed by atoms with Gasteiger partial charge in [0.05, 0.1) is 6.54 Å². The first-order valence-corrected chi connectivity index (χ1v) is 10.1. The standard InChI is InChI=1S/C23H21N5O2/c29-22(18-8-7-16-4-1-2-5-17(16)14-18)25-12-13-27-23(30)28(20-9-10-20)21(26-27)19-6-3-11-24-15-19/h1-8,11,14-15,20H,9-10,12-13H2,(H,25,29). The van der Waals surface area contributed by atoms with Gasteiger partial charge < -0.3 is 5.32 Å². The van der Waals surface area contributed by atoms with Gasteiger partial charge in [-0.05, 0) is 47.9 Å². The van der Waals surface area contributed by atoms with Crippen molar-refractivity contribution in [3.05, 3.63) is 83.0 Å². The number of fused-ring (bicyclic) bond motifs is 1. The maximum atomic E-state index is 12.9. The summed E-state index contributed by atoms with van der Waals surface area (Å²) in [6.07, 6.45) is 5.38. The van der Waals surface area contributed by atoms with Crippen LogP contribution in [0.15, 0.2) is 71.8 Å². The van der Waals surface area contributed by atoms with Crippen molar-refractivity contribution < 1.29 is 4.79 Å². The van der Waals surface area contributed by atoms with Gasteiger partial charge in [0.2, 0.25) is 0 Å². The molecule has 5 rings (SSSR count). The number of benzene rings is 2. The van der Waals surface area contributed by atoms with Crippen LogP contribution in [-0.4, -0.2) is 31.8 Å². The largest absolute Gasteiger partial charge is 0.350 e. The van der Waals surface area contributed by atoms with E-state index in [2.05, 4.69) is 15.4 Å². The molecular weight excluding hydrogens is 378 g/mol. The number of hydrogen-bond donors (Lipinski definition) is 1. The fourth-order valence-corrected chi connectivity index (χ4v) is 3.63. The highest BCUT2D eigenvalue weighted by molar-refractivity contribution is 5.98. The molecule has 0 unspecified atom stereocenters. The molecule has 0 saturated heterocycles. The zero-order chi connectivity index (χ0) is 20.5. The average Bonchev–Trinajstić information content (AvgIpc) is 3.57. The molecular formula is C23H21N5O2. The van der Waals surface area contributed by atoms with Crippen LogP contribution in [0.4, 0.5) is 0 Å².